The molecule has 3 aromatic rings. The Hall–Kier alpha value is -2.02. The lowest BCUT2D eigenvalue weighted by molar-refractivity contribution is 1.03. The molecule has 0 aliphatic rings. The van der Waals surface area contributed by atoms with Gasteiger partial charge in [0.1, 0.15) is 0 Å². The molecule has 0 spiro atoms. The van der Waals surface area contributed by atoms with Crippen molar-refractivity contribution in [2.45, 2.75) is 6.92 Å². The number of nitrogens with zero attached hydrogens (tertiary/aromatic N) is 1. The molecule has 0 aliphatic heterocycles. The van der Waals surface area contributed by atoms with Crippen molar-refractivity contribution in [3.63, 3.8) is 0 Å². The molecule has 78 valence electrons. The van der Waals surface area contributed by atoms with E-state index in [1.165, 1.54) is 22.2 Å². The van der Waals surface area contributed by atoms with E-state index in [-0.39, 0.29) is 0 Å². The van der Waals surface area contributed by atoms with Gasteiger partial charge in [0.05, 0.1) is 5.69 Å². The highest BCUT2D eigenvalue weighted by Gasteiger charge is 2.03. The van der Waals surface area contributed by atoms with Crippen LogP contribution >= 0.6 is 0 Å². The average Bonchev–Trinajstić information content (AvgIpc) is 2.75. The predicted molar refractivity (Wildman–Crippen MR) is 68.0 cm³/mol. The van der Waals surface area contributed by atoms with Gasteiger partial charge in [0, 0.05) is 17.3 Å². The smallest absolute Gasteiger partial charge is 0.0530 e. The van der Waals surface area contributed by atoms with E-state index < -0.39 is 0 Å². The zero-order valence-corrected chi connectivity index (χ0v) is 9.22. The third-order valence-electron chi connectivity index (χ3n) is 2.98. The molecular formula is C15H13N. The SMILES string of the molecule is Cc1cccn1-c1cccc2ccccc12. The van der Waals surface area contributed by atoms with Crippen molar-refractivity contribution in [3.8, 4) is 5.69 Å². The number of fused-ring (bicyclic) bond motifs is 1. The summed E-state index contributed by atoms with van der Waals surface area (Å²) in [5.41, 5.74) is 2.51. The van der Waals surface area contributed by atoms with Crippen molar-refractivity contribution in [3.05, 3.63) is 66.5 Å². The fourth-order valence-corrected chi connectivity index (χ4v) is 2.15. The van der Waals surface area contributed by atoms with E-state index in [1.54, 1.807) is 0 Å². The van der Waals surface area contributed by atoms with Crippen LogP contribution in [0.5, 0.6) is 0 Å². The van der Waals surface area contributed by atoms with Gasteiger partial charge >= 0.3 is 0 Å². The van der Waals surface area contributed by atoms with E-state index >= 15 is 0 Å². The molecule has 1 aromatic heterocycles. The van der Waals surface area contributed by atoms with Crippen LogP contribution in [0, 0.1) is 6.92 Å². The minimum absolute atomic E-state index is 1.25. The number of benzene rings is 2. The lowest BCUT2D eigenvalue weighted by atomic mass is 10.1. The molecule has 0 N–H and O–H groups in total. The maximum atomic E-state index is 2.22. The van der Waals surface area contributed by atoms with Gasteiger partial charge in [-0.2, -0.15) is 0 Å². The molecule has 2 aromatic carbocycles. The van der Waals surface area contributed by atoms with Gasteiger partial charge in [0.2, 0.25) is 0 Å². The van der Waals surface area contributed by atoms with Gasteiger partial charge in [-0.3, -0.25) is 0 Å². The Bertz CT molecular complexity index is 629. The molecule has 0 radical (unpaired) electrons. The Labute approximate surface area is 95.0 Å². The summed E-state index contributed by atoms with van der Waals surface area (Å²) in [6.07, 6.45) is 2.11. The number of aromatic nitrogens is 1. The van der Waals surface area contributed by atoms with Crippen LogP contribution in [-0.4, -0.2) is 4.57 Å². The van der Waals surface area contributed by atoms with Crippen LogP contribution in [0.2, 0.25) is 0 Å². The molecule has 1 heteroatoms. The summed E-state index contributed by atoms with van der Waals surface area (Å²) >= 11 is 0. The van der Waals surface area contributed by atoms with E-state index in [4.69, 9.17) is 0 Å². The highest BCUT2D eigenvalue weighted by Crippen LogP contribution is 2.23. The normalized spacial score (nSPS) is 10.8. The predicted octanol–water partition coefficient (Wildman–Crippen LogP) is 3.94. The zero-order valence-electron chi connectivity index (χ0n) is 9.22. The molecule has 1 nitrogen and oxygen atoms in total. The Morgan fingerprint density at radius 3 is 2.44 bits per heavy atom. The first-order valence-corrected chi connectivity index (χ1v) is 5.48. The van der Waals surface area contributed by atoms with E-state index in [0.717, 1.165) is 0 Å². The Morgan fingerprint density at radius 2 is 1.62 bits per heavy atom. The topological polar surface area (TPSA) is 4.93 Å². The molecule has 0 fully saturated rings. The highest BCUT2D eigenvalue weighted by atomic mass is 15.0. The second kappa shape index (κ2) is 3.53. The summed E-state index contributed by atoms with van der Waals surface area (Å²) in [4.78, 5) is 0. The molecule has 0 atom stereocenters. The summed E-state index contributed by atoms with van der Waals surface area (Å²) in [5.74, 6) is 0. The van der Waals surface area contributed by atoms with Gasteiger partial charge in [0.25, 0.3) is 0 Å². The Balaban J connectivity index is 2.36. The largest absolute Gasteiger partial charge is 0.321 e. The van der Waals surface area contributed by atoms with Crippen molar-refractivity contribution in [1.82, 2.24) is 4.57 Å². The third kappa shape index (κ3) is 1.33. The van der Waals surface area contributed by atoms with Crippen molar-refractivity contribution in [1.29, 1.82) is 0 Å². The molecule has 0 amide bonds. The summed E-state index contributed by atoms with van der Waals surface area (Å²) < 4.78 is 2.22. The Kier molecular flexibility index (Phi) is 2.03. The first-order valence-electron chi connectivity index (χ1n) is 5.48. The van der Waals surface area contributed by atoms with Crippen LogP contribution in [0.1, 0.15) is 5.69 Å². The third-order valence-corrected chi connectivity index (χ3v) is 2.98. The summed E-state index contributed by atoms with van der Waals surface area (Å²) in [5, 5.41) is 2.58. The summed E-state index contributed by atoms with van der Waals surface area (Å²) in [6.45, 7) is 2.13. The lowest BCUT2D eigenvalue weighted by Gasteiger charge is -2.09. The number of rotatable bonds is 1. The van der Waals surface area contributed by atoms with Gasteiger partial charge in [-0.1, -0.05) is 36.4 Å². The van der Waals surface area contributed by atoms with Crippen LogP contribution < -0.4 is 0 Å². The van der Waals surface area contributed by atoms with E-state index in [0.29, 0.717) is 0 Å². The second-order valence-electron chi connectivity index (χ2n) is 4.02. The first-order chi connectivity index (χ1) is 7.86. The van der Waals surface area contributed by atoms with E-state index in [1.807, 2.05) is 0 Å². The molecule has 1 heterocycles. The van der Waals surface area contributed by atoms with Gasteiger partial charge in [-0.15, -0.1) is 0 Å². The van der Waals surface area contributed by atoms with Crippen molar-refractivity contribution in [2.24, 2.45) is 0 Å². The fraction of sp³-hybridized carbons (Fsp3) is 0.0667. The number of hydrogen-bond acceptors (Lipinski definition) is 0. The lowest BCUT2D eigenvalue weighted by Crippen LogP contribution is -1.95. The van der Waals surface area contributed by atoms with Crippen molar-refractivity contribution >= 4 is 10.8 Å². The molecule has 0 aliphatic carbocycles. The van der Waals surface area contributed by atoms with Crippen LogP contribution in [0.25, 0.3) is 16.5 Å². The average molecular weight is 207 g/mol. The van der Waals surface area contributed by atoms with Crippen LogP contribution in [-0.2, 0) is 0 Å². The minimum Gasteiger partial charge on any atom is -0.321 e. The summed E-state index contributed by atoms with van der Waals surface area (Å²) in [7, 11) is 0. The monoisotopic (exact) mass is 207 g/mol. The van der Waals surface area contributed by atoms with Gasteiger partial charge < -0.3 is 4.57 Å². The molecule has 0 saturated heterocycles. The molecule has 0 unspecified atom stereocenters. The van der Waals surface area contributed by atoms with E-state index in [2.05, 4.69) is 72.3 Å². The van der Waals surface area contributed by atoms with Gasteiger partial charge in [0.15, 0.2) is 0 Å². The molecule has 0 bridgehead atoms. The first kappa shape index (κ1) is 9.22. The van der Waals surface area contributed by atoms with Crippen LogP contribution in [0.3, 0.4) is 0 Å². The van der Waals surface area contributed by atoms with Crippen LogP contribution in [0.15, 0.2) is 60.8 Å². The fourth-order valence-electron chi connectivity index (χ4n) is 2.15. The number of aryl methyl sites for hydroxylation is 1. The van der Waals surface area contributed by atoms with Crippen molar-refractivity contribution < 1.29 is 0 Å². The maximum absolute atomic E-state index is 2.22. The van der Waals surface area contributed by atoms with Gasteiger partial charge in [-0.05, 0) is 30.5 Å². The standard InChI is InChI=1S/C15H13N/c1-12-6-5-11-16(12)15-10-4-8-13-7-2-3-9-14(13)15/h2-11H,1H3. The zero-order chi connectivity index (χ0) is 11.0. The quantitative estimate of drug-likeness (QED) is 0.569. The van der Waals surface area contributed by atoms with Crippen LogP contribution in [0.4, 0.5) is 0 Å². The van der Waals surface area contributed by atoms with Crippen molar-refractivity contribution in [2.75, 3.05) is 0 Å². The highest BCUT2D eigenvalue weighted by molar-refractivity contribution is 5.90. The second-order valence-corrected chi connectivity index (χ2v) is 4.02. The molecular weight excluding hydrogens is 194 g/mol. The minimum atomic E-state index is 1.25. The molecule has 0 saturated carbocycles. The van der Waals surface area contributed by atoms with Gasteiger partial charge in [-0.25, -0.2) is 0 Å². The Morgan fingerprint density at radius 1 is 0.812 bits per heavy atom. The van der Waals surface area contributed by atoms with E-state index in [9.17, 15) is 0 Å². The summed E-state index contributed by atoms with van der Waals surface area (Å²) in [6, 6.07) is 19.1. The number of hydrogen-bond donors (Lipinski definition) is 0. The molecule has 3 rings (SSSR count). The molecule has 16 heavy (non-hydrogen) atoms. The maximum Gasteiger partial charge on any atom is 0.0530 e.